The van der Waals surface area contributed by atoms with Crippen LogP contribution in [0.2, 0.25) is 0 Å². The van der Waals surface area contributed by atoms with Crippen LogP contribution in [-0.2, 0) is 6.54 Å². The molecule has 102 valence electrons. The molecule has 0 radical (unpaired) electrons. The lowest BCUT2D eigenvalue weighted by molar-refractivity contribution is 0.511. The first-order valence-electron chi connectivity index (χ1n) is 6.55. The van der Waals surface area contributed by atoms with E-state index in [-0.39, 0.29) is 0 Å². The lowest BCUT2D eigenvalue weighted by atomic mass is 10.1. The number of hydrogen-bond acceptors (Lipinski definition) is 4. The van der Waals surface area contributed by atoms with Gasteiger partial charge in [-0.3, -0.25) is 4.68 Å². The molecule has 20 heavy (non-hydrogen) atoms. The molecule has 0 bridgehead atoms. The maximum atomic E-state index is 12.2. The summed E-state index contributed by atoms with van der Waals surface area (Å²) in [5, 5.41) is 4.31. The normalized spacial score (nSPS) is 11.2. The van der Waals surface area contributed by atoms with Gasteiger partial charge < -0.3 is 4.42 Å². The van der Waals surface area contributed by atoms with Crippen molar-refractivity contribution in [3.05, 3.63) is 45.9 Å². The molecule has 3 rings (SSSR count). The van der Waals surface area contributed by atoms with Crippen LogP contribution in [0.3, 0.4) is 0 Å². The summed E-state index contributed by atoms with van der Waals surface area (Å²) in [4.78, 5) is 16.6. The lowest BCUT2D eigenvalue weighted by Gasteiger charge is -2.01. The average molecular weight is 269 g/mol. The fourth-order valence-electron chi connectivity index (χ4n) is 2.22. The van der Waals surface area contributed by atoms with Gasteiger partial charge in [-0.05, 0) is 32.9 Å². The molecule has 0 unspecified atom stereocenters. The number of rotatable bonds is 2. The fraction of sp³-hybridized carbons (Fsp3) is 0.267. The van der Waals surface area contributed by atoms with E-state index in [4.69, 9.17) is 4.42 Å². The largest absolute Gasteiger partial charge is 0.402 e. The van der Waals surface area contributed by atoms with Crippen molar-refractivity contribution < 1.29 is 4.42 Å². The molecule has 3 aromatic rings. The molecule has 0 amide bonds. The zero-order chi connectivity index (χ0) is 14.3. The standard InChI is InChI=1S/C15H15N3O2/c1-4-18-13-12(10(3)17-18)16-14(20-15(13)19)11-7-5-9(2)6-8-11/h5-8H,4H2,1-3H3. The lowest BCUT2D eigenvalue weighted by Crippen LogP contribution is -2.08. The fourth-order valence-corrected chi connectivity index (χ4v) is 2.22. The predicted molar refractivity (Wildman–Crippen MR) is 76.6 cm³/mol. The number of fused-ring (bicyclic) bond motifs is 1. The van der Waals surface area contributed by atoms with Crippen LogP contribution in [-0.4, -0.2) is 14.8 Å². The Hall–Kier alpha value is -2.43. The number of benzene rings is 1. The van der Waals surface area contributed by atoms with Crippen molar-refractivity contribution in [1.29, 1.82) is 0 Å². The van der Waals surface area contributed by atoms with Crippen LogP contribution < -0.4 is 5.63 Å². The number of nitrogens with zero attached hydrogens (tertiary/aromatic N) is 3. The summed E-state index contributed by atoms with van der Waals surface area (Å²) in [6.45, 7) is 6.39. The third kappa shape index (κ3) is 1.91. The van der Waals surface area contributed by atoms with E-state index in [0.29, 0.717) is 23.5 Å². The second-order valence-corrected chi connectivity index (χ2v) is 4.77. The number of aromatic nitrogens is 3. The van der Waals surface area contributed by atoms with Gasteiger partial charge in [0.2, 0.25) is 5.89 Å². The summed E-state index contributed by atoms with van der Waals surface area (Å²) >= 11 is 0. The molecule has 0 fully saturated rings. The van der Waals surface area contributed by atoms with Crippen molar-refractivity contribution in [2.45, 2.75) is 27.3 Å². The smallest absolute Gasteiger partial charge is 0.365 e. The van der Waals surface area contributed by atoms with Crippen molar-refractivity contribution in [2.24, 2.45) is 0 Å². The highest BCUT2D eigenvalue weighted by molar-refractivity contribution is 5.77. The van der Waals surface area contributed by atoms with E-state index in [9.17, 15) is 4.79 Å². The van der Waals surface area contributed by atoms with Crippen molar-refractivity contribution >= 4 is 11.0 Å². The highest BCUT2D eigenvalue weighted by Crippen LogP contribution is 2.20. The van der Waals surface area contributed by atoms with Gasteiger partial charge in [0.05, 0.1) is 5.69 Å². The Labute approximate surface area is 115 Å². The Bertz CT molecular complexity index is 829. The summed E-state index contributed by atoms with van der Waals surface area (Å²) in [5.41, 5.74) is 3.32. The summed E-state index contributed by atoms with van der Waals surface area (Å²) in [6.07, 6.45) is 0. The van der Waals surface area contributed by atoms with Gasteiger partial charge in [-0.15, -0.1) is 0 Å². The Morgan fingerprint density at radius 2 is 1.90 bits per heavy atom. The summed E-state index contributed by atoms with van der Waals surface area (Å²) in [6, 6.07) is 7.71. The third-order valence-electron chi connectivity index (χ3n) is 3.29. The van der Waals surface area contributed by atoms with Crippen LogP contribution in [0.5, 0.6) is 0 Å². The van der Waals surface area contributed by atoms with Crippen LogP contribution in [0, 0.1) is 13.8 Å². The van der Waals surface area contributed by atoms with E-state index in [1.807, 2.05) is 45.0 Å². The molecule has 5 nitrogen and oxygen atoms in total. The maximum absolute atomic E-state index is 12.2. The molecule has 0 saturated heterocycles. The molecule has 0 aliphatic heterocycles. The summed E-state index contributed by atoms with van der Waals surface area (Å²) in [5.74, 6) is 0.334. The molecule has 0 atom stereocenters. The van der Waals surface area contributed by atoms with Crippen molar-refractivity contribution in [3.63, 3.8) is 0 Å². The van der Waals surface area contributed by atoms with Crippen LogP contribution in [0.15, 0.2) is 33.5 Å². The van der Waals surface area contributed by atoms with Crippen molar-refractivity contribution in [1.82, 2.24) is 14.8 Å². The van der Waals surface area contributed by atoms with E-state index in [1.165, 1.54) is 0 Å². The monoisotopic (exact) mass is 269 g/mol. The zero-order valence-electron chi connectivity index (χ0n) is 11.7. The molecule has 0 N–H and O–H groups in total. The Morgan fingerprint density at radius 3 is 2.55 bits per heavy atom. The van der Waals surface area contributed by atoms with E-state index < -0.39 is 5.63 Å². The SMILES string of the molecule is CCn1nc(C)c2nc(-c3ccc(C)cc3)oc(=O)c21. The van der Waals surface area contributed by atoms with Crippen molar-refractivity contribution in [3.8, 4) is 11.5 Å². The van der Waals surface area contributed by atoms with Crippen molar-refractivity contribution in [2.75, 3.05) is 0 Å². The first kappa shape index (κ1) is 12.6. The molecule has 0 spiro atoms. The Kier molecular flexibility index (Phi) is 2.89. The summed E-state index contributed by atoms with van der Waals surface area (Å²) < 4.78 is 6.97. The topological polar surface area (TPSA) is 60.9 Å². The first-order valence-corrected chi connectivity index (χ1v) is 6.55. The third-order valence-corrected chi connectivity index (χ3v) is 3.29. The van der Waals surface area contributed by atoms with Gasteiger partial charge in [-0.1, -0.05) is 17.7 Å². The van der Waals surface area contributed by atoms with Crippen LogP contribution >= 0.6 is 0 Å². The Morgan fingerprint density at radius 1 is 1.20 bits per heavy atom. The van der Waals surface area contributed by atoms with Gasteiger partial charge in [-0.2, -0.15) is 5.10 Å². The highest BCUT2D eigenvalue weighted by atomic mass is 16.4. The molecule has 2 aromatic heterocycles. The van der Waals surface area contributed by atoms with E-state index >= 15 is 0 Å². The minimum Gasteiger partial charge on any atom is -0.402 e. The van der Waals surface area contributed by atoms with E-state index in [1.54, 1.807) is 4.68 Å². The van der Waals surface area contributed by atoms with Crippen LogP contribution in [0.4, 0.5) is 0 Å². The van der Waals surface area contributed by atoms with Gasteiger partial charge in [0.1, 0.15) is 5.52 Å². The van der Waals surface area contributed by atoms with E-state index in [2.05, 4.69) is 10.1 Å². The maximum Gasteiger partial charge on any atom is 0.365 e. The second-order valence-electron chi connectivity index (χ2n) is 4.77. The molecule has 0 aliphatic carbocycles. The average Bonchev–Trinajstić information content (AvgIpc) is 2.77. The van der Waals surface area contributed by atoms with Crippen LogP contribution in [0.1, 0.15) is 18.2 Å². The quantitative estimate of drug-likeness (QED) is 0.717. The first-order chi connectivity index (χ1) is 9.60. The molecular weight excluding hydrogens is 254 g/mol. The molecule has 5 heteroatoms. The predicted octanol–water partition coefficient (Wildman–Crippen LogP) is 2.69. The minimum absolute atomic E-state index is 0.334. The van der Waals surface area contributed by atoms with Gasteiger partial charge in [0.15, 0.2) is 5.52 Å². The van der Waals surface area contributed by atoms with Gasteiger partial charge >= 0.3 is 5.63 Å². The zero-order valence-corrected chi connectivity index (χ0v) is 11.7. The molecule has 0 saturated carbocycles. The Balaban J connectivity index is 2.27. The second kappa shape index (κ2) is 4.59. The molecule has 1 aromatic carbocycles. The van der Waals surface area contributed by atoms with Gasteiger partial charge in [0.25, 0.3) is 0 Å². The summed E-state index contributed by atoms with van der Waals surface area (Å²) in [7, 11) is 0. The molecule has 0 aliphatic rings. The highest BCUT2D eigenvalue weighted by Gasteiger charge is 2.15. The van der Waals surface area contributed by atoms with Gasteiger partial charge in [-0.25, -0.2) is 9.78 Å². The van der Waals surface area contributed by atoms with Gasteiger partial charge in [0, 0.05) is 12.1 Å². The molecular formula is C15H15N3O2. The van der Waals surface area contributed by atoms with E-state index in [0.717, 1.165) is 16.8 Å². The minimum atomic E-state index is -0.395. The molecule has 2 heterocycles. The van der Waals surface area contributed by atoms with Crippen LogP contribution in [0.25, 0.3) is 22.5 Å². The number of hydrogen-bond donors (Lipinski definition) is 0. The number of aryl methyl sites for hydroxylation is 3.